The van der Waals surface area contributed by atoms with Crippen LogP contribution in [0.4, 0.5) is 0 Å². The Labute approximate surface area is 129 Å². The SMILES string of the molecule is CCS(=O)(=O)NCc1ccc(-c2ccccc2C(=O)O)cc1. The summed E-state index contributed by atoms with van der Waals surface area (Å²) >= 11 is 0. The van der Waals surface area contributed by atoms with Crippen LogP contribution in [0.2, 0.25) is 0 Å². The van der Waals surface area contributed by atoms with Crippen molar-refractivity contribution in [2.24, 2.45) is 0 Å². The predicted molar refractivity (Wildman–Crippen MR) is 85.1 cm³/mol. The first kappa shape index (κ1) is 16.2. The summed E-state index contributed by atoms with van der Waals surface area (Å²) in [6.45, 7) is 1.80. The Balaban J connectivity index is 2.21. The zero-order chi connectivity index (χ0) is 16.2. The molecular weight excluding hydrogens is 302 g/mol. The number of aromatic carboxylic acids is 1. The first-order valence-corrected chi connectivity index (χ1v) is 8.47. The highest BCUT2D eigenvalue weighted by atomic mass is 32.2. The number of nitrogens with one attached hydrogen (secondary N) is 1. The Kier molecular flexibility index (Phi) is 4.95. The van der Waals surface area contributed by atoms with Crippen molar-refractivity contribution in [3.63, 3.8) is 0 Å². The fourth-order valence-electron chi connectivity index (χ4n) is 2.02. The van der Waals surface area contributed by atoms with Gasteiger partial charge >= 0.3 is 5.97 Å². The van der Waals surface area contributed by atoms with E-state index in [-0.39, 0.29) is 17.9 Å². The number of carbonyl (C=O) groups is 1. The number of carboxylic acid groups (broad SMARTS) is 1. The van der Waals surface area contributed by atoms with Gasteiger partial charge in [0.05, 0.1) is 11.3 Å². The summed E-state index contributed by atoms with van der Waals surface area (Å²) < 4.78 is 25.3. The lowest BCUT2D eigenvalue weighted by molar-refractivity contribution is 0.0697. The molecule has 0 aliphatic rings. The van der Waals surface area contributed by atoms with E-state index in [4.69, 9.17) is 0 Å². The number of rotatable bonds is 6. The van der Waals surface area contributed by atoms with Crippen LogP contribution in [0, 0.1) is 0 Å². The van der Waals surface area contributed by atoms with Gasteiger partial charge in [-0.1, -0.05) is 42.5 Å². The zero-order valence-corrected chi connectivity index (χ0v) is 12.9. The fourth-order valence-corrected chi connectivity index (χ4v) is 2.61. The van der Waals surface area contributed by atoms with Crippen LogP contribution in [0.1, 0.15) is 22.8 Å². The molecule has 0 aromatic heterocycles. The highest BCUT2D eigenvalue weighted by molar-refractivity contribution is 7.89. The van der Waals surface area contributed by atoms with E-state index in [1.807, 2.05) is 0 Å². The molecule has 0 saturated heterocycles. The van der Waals surface area contributed by atoms with Gasteiger partial charge in [0.2, 0.25) is 10.0 Å². The van der Waals surface area contributed by atoms with Gasteiger partial charge in [0, 0.05) is 6.54 Å². The monoisotopic (exact) mass is 319 g/mol. The van der Waals surface area contributed by atoms with Crippen LogP contribution < -0.4 is 4.72 Å². The van der Waals surface area contributed by atoms with E-state index < -0.39 is 16.0 Å². The molecule has 2 rings (SSSR count). The molecule has 116 valence electrons. The van der Waals surface area contributed by atoms with Crippen LogP contribution in [0.3, 0.4) is 0 Å². The first-order chi connectivity index (χ1) is 10.4. The molecule has 0 unspecified atom stereocenters. The molecule has 0 aliphatic heterocycles. The third-order valence-corrected chi connectivity index (χ3v) is 4.64. The van der Waals surface area contributed by atoms with Crippen molar-refractivity contribution >= 4 is 16.0 Å². The largest absolute Gasteiger partial charge is 0.478 e. The highest BCUT2D eigenvalue weighted by Gasteiger charge is 2.11. The molecule has 2 aromatic rings. The third-order valence-electron chi connectivity index (χ3n) is 3.30. The number of hydrogen-bond donors (Lipinski definition) is 2. The van der Waals surface area contributed by atoms with Gasteiger partial charge in [0.25, 0.3) is 0 Å². The molecule has 0 aliphatic carbocycles. The Hall–Kier alpha value is -2.18. The summed E-state index contributed by atoms with van der Waals surface area (Å²) in [5.41, 5.74) is 2.46. The Morgan fingerprint density at radius 2 is 1.73 bits per heavy atom. The number of benzene rings is 2. The molecule has 0 saturated carbocycles. The maximum atomic E-state index is 11.4. The molecule has 0 atom stereocenters. The van der Waals surface area contributed by atoms with Crippen molar-refractivity contribution in [3.05, 3.63) is 59.7 Å². The van der Waals surface area contributed by atoms with Gasteiger partial charge in [-0.15, -0.1) is 0 Å². The Morgan fingerprint density at radius 1 is 1.09 bits per heavy atom. The van der Waals surface area contributed by atoms with Crippen LogP contribution in [-0.2, 0) is 16.6 Å². The molecule has 0 bridgehead atoms. The minimum atomic E-state index is -3.23. The van der Waals surface area contributed by atoms with Crippen LogP contribution in [0.15, 0.2) is 48.5 Å². The van der Waals surface area contributed by atoms with Gasteiger partial charge in [-0.05, 0) is 29.7 Å². The molecule has 2 N–H and O–H groups in total. The fraction of sp³-hybridized carbons (Fsp3) is 0.188. The quantitative estimate of drug-likeness (QED) is 0.857. The van der Waals surface area contributed by atoms with Crippen molar-refractivity contribution < 1.29 is 18.3 Å². The second kappa shape index (κ2) is 6.72. The second-order valence-electron chi connectivity index (χ2n) is 4.77. The minimum absolute atomic E-state index is 0.0388. The van der Waals surface area contributed by atoms with Crippen molar-refractivity contribution in [3.8, 4) is 11.1 Å². The molecular formula is C16H17NO4S. The topological polar surface area (TPSA) is 83.5 Å². The summed E-state index contributed by atoms with van der Waals surface area (Å²) in [6.07, 6.45) is 0. The summed E-state index contributed by atoms with van der Waals surface area (Å²) in [7, 11) is -3.23. The molecule has 22 heavy (non-hydrogen) atoms. The van der Waals surface area contributed by atoms with Gasteiger partial charge in [-0.25, -0.2) is 17.9 Å². The van der Waals surface area contributed by atoms with Crippen LogP contribution in [0.25, 0.3) is 11.1 Å². The van der Waals surface area contributed by atoms with Crippen molar-refractivity contribution in [2.75, 3.05) is 5.75 Å². The first-order valence-electron chi connectivity index (χ1n) is 6.82. The summed E-state index contributed by atoms with van der Waals surface area (Å²) in [5.74, 6) is -0.938. The second-order valence-corrected chi connectivity index (χ2v) is 6.87. The van der Waals surface area contributed by atoms with Gasteiger partial charge in [0.15, 0.2) is 0 Å². The maximum absolute atomic E-state index is 11.4. The van der Waals surface area contributed by atoms with E-state index >= 15 is 0 Å². The molecule has 0 spiro atoms. The summed E-state index contributed by atoms with van der Waals surface area (Å²) in [4.78, 5) is 11.2. The van der Waals surface area contributed by atoms with Crippen LogP contribution in [0.5, 0.6) is 0 Å². The number of hydrogen-bond acceptors (Lipinski definition) is 3. The smallest absolute Gasteiger partial charge is 0.336 e. The van der Waals surface area contributed by atoms with Gasteiger partial charge < -0.3 is 5.11 Å². The summed E-state index contributed by atoms with van der Waals surface area (Å²) in [6, 6.07) is 13.9. The lowest BCUT2D eigenvalue weighted by Gasteiger charge is -2.08. The summed E-state index contributed by atoms with van der Waals surface area (Å²) in [5, 5.41) is 9.21. The van der Waals surface area contributed by atoms with Crippen LogP contribution >= 0.6 is 0 Å². The van der Waals surface area contributed by atoms with E-state index in [2.05, 4.69) is 4.72 Å². The van der Waals surface area contributed by atoms with Crippen molar-refractivity contribution in [2.45, 2.75) is 13.5 Å². The zero-order valence-electron chi connectivity index (χ0n) is 12.1. The van der Waals surface area contributed by atoms with Gasteiger partial charge in [-0.2, -0.15) is 0 Å². The Morgan fingerprint density at radius 3 is 2.32 bits per heavy atom. The van der Waals surface area contributed by atoms with E-state index in [0.717, 1.165) is 11.1 Å². The van der Waals surface area contributed by atoms with Gasteiger partial charge in [0.1, 0.15) is 0 Å². The van der Waals surface area contributed by atoms with E-state index in [9.17, 15) is 18.3 Å². The predicted octanol–water partition coefficient (Wildman–Crippen LogP) is 2.49. The molecule has 0 heterocycles. The third kappa shape index (κ3) is 3.93. The van der Waals surface area contributed by atoms with Crippen molar-refractivity contribution in [1.82, 2.24) is 4.72 Å². The van der Waals surface area contributed by atoms with E-state index in [1.54, 1.807) is 55.5 Å². The minimum Gasteiger partial charge on any atom is -0.478 e. The average Bonchev–Trinajstić information content (AvgIpc) is 2.53. The number of sulfonamides is 1. The lowest BCUT2D eigenvalue weighted by atomic mass is 9.99. The molecule has 2 aromatic carbocycles. The maximum Gasteiger partial charge on any atom is 0.336 e. The molecule has 6 heteroatoms. The van der Waals surface area contributed by atoms with E-state index in [1.165, 1.54) is 0 Å². The average molecular weight is 319 g/mol. The van der Waals surface area contributed by atoms with Crippen LogP contribution in [-0.4, -0.2) is 25.2 Å². The normalized spacial score (nSPS) is 11.3. The van der Waals surface area contributed by atoms with E-state index in [0.29, 0.717) is 5.56 Å². The highest BCUT2D eigenvalue weighted by Crippen LogP contribution is 2.24. The number of carboxylic acids is 1. The van der Waals surface area contributed by atoms with Crippen molar-refractivity contribution in [1.29, 1.82) is 0 Å². The molecule has 0 amide bonds. The molecule has 0 radical (unpaired) electrons. The van der Waals surface area contributed by atoms with Gasteiger partial charge in [-0.3, -0.25) is 0 Å². The molecule has 5 nitrogen and oxygen atoms in total. The molecule has 0 fully saturated rings. The standard InChI is InChI=1S/C16H17NO4S/c1-2-22(20,21)17-11-12-7-9-13(10-8-12)14-5-3-4-6-15(14)16(18)19/h3-10,17H,2,11H2,1H3,(H,18,19). The lowest BCUT2D eigenvalue weighted by Crippen LogP contribution is -2.24. The Bertz CT molecular complexity index is 767.